The molecule has 5 heterocycles. The maximum absolute atomic E-state index is 14.5. The van der Waals surface area contributed by atoms with Crippen LogP contribution in [-0.4, -0.2) is 193 Å². The van der Waals surface area contributed by atoms with Crippen molar-refractivity contribution in [2.75, 3.05) is 34.3 Å². The van der Waals surface area contributed by atoms with Gasteiger partial charge in [-0.3, -0.25) is 4.79 Å². The van der Waals surface area contributed by atoms with Gasteiger partial charge >= 0.3 is 5.97 Å². The molecular weight excluding hydrogens is 975 g/mol. The van der Waals surface area contributed by atoms with Gasteiger partial charge in [0.05, 0.1) is 64.5 Å². The molecule has 1 aromatic heterocycles. The quantitative estimate of drug-likeness (QED) is 0.173. The lowest BCUT2D eigenvalue weighted by Gasteiger charge is -2.49. The van der Waals surface area contributed by atoms with Crippen molar-refractivity contribution in [1.29, 1.82) is 0 Å². The number of benzene rings is 1. The average Bonchev–Trinajstić information content (AvgIpc) is 3.98. The summed E-state index contributed by atoms with van der Waals surface area (Å²) in [5, 5.41) is 73.8. The molecule has 6 rings (SSSR count). The minimum atomic E-state index is -1.84. The molecule has 1 aromatic carbocycles. The number of carbonyl (C=O) groups excluding carboxylic acids is 1. The summed E-state index contributed by atoms with van der Waals surface area (Å²) in [6.45, 7) is 18.9. The summed E-state index contributed by atoms with van der Waals surface area (Å²) in [5.41, 5.74) is -2.30. The van der Waals surface area contributed by atoms with E-state index in [0.717, 1.165) is 17.0 Å². The number of nitrogens with zero attached hydrogens (tertiary/aromatic N) is 6. The number of rotatable bonds is 13. The molecule has 2 aromatic rings. The summed E-state index contributed by atoms with van der Waals surface area (Å²) in [6, 6.07) is 4.25. The van der Waals surface area contributed by atoms with Crippen molar-refractivity contribution in [2.45, 2.75) is 211 Å². The molecule has 3 fully saturated rings. The highest BCUT2D eigenvalue weighted by Crippen LogP contribution is 2.40. The smallest absolute Gasteiger partial charge is 0.311 e. The van der Waals surface area contributed by atoms with Crippen LogP contribution in [-0.2, 0) is 51.0 Å². The van der Waals surface area contributed by atoms with Gasteiger partial charge in [0.15, 0.2) is 18.7 Å². The third kappa shape index (κ3) is 13.5. The van der Waals surface area contributed by atoms with E-state index in [9.17, 15) is 30.3 Å². The van der Waals surface area contributed by atoms with Crippen molar-refractivity contribution in [3.63, 3.8) is 0 Å². The van der Waals surface area contributed by atoms with Crippen LogP contribution < -0.4 is 0 Å². The first-order valence-corrected chi connectivity index (χ1v) is 26.3. The SMILES string of the molecule is CC[C@H]1OC(=O)[C@H](C)[C@@H](O[C@H]2C[C@@](C)(OC)[C@@H](O)[C@H](C)O2)[C@H](C)[C@@H](O[C@@H]2O[C@H](C)C[C@H](N(C)CCc3cn(C[C@H]4CC(c5ccc(Cl)cc5Cl)=NO4)nn3)[C@H]2O)[C@](C)(O)C[C@@H](C)CN(C)[C@H](C)[C@@H](O)[C@]1(C)O. The van der Waals surface area contributed by atoms with Crippen molar-refractivity contribution in [2.24, 2.45) is 22.9 Å². The first-order chi connectivity index (χ1) is 33.7. The van der Waals surface area contributed by atoms with Crippen LogP contribution in [0.3, 0.4) is 0 Å². The molecule has 0 unspecified atom stereocenters. The van der Waals surface area contributed by atoms with E-state index in [1.807, 2.05) is 56.9 Å². The van der Waals surface area contributed by atoms with Crippen molar-refractivity contribution in [3.8, 4) is 0 Å². The molecule has 19 nitrogen and oxygen atoms in total. The van der Waals surface area contributed by atoms with E-state index >= 15 is 0 Å². The van der Waals surface area contributed by atoms with Crippen LogP contribution in [0.2, 0.25) is 10.0 Å². The van der Waals surface area contributed by atoms with Gasteiger partial charge in [-0.25, -0.2) is 4.68 Å². The lowest BCUT2D eigenvalue weighted by Crippen LogP contribution is -2.61. The number of esters is 1. The molecule has 0 spiro atoms. The zero-order valence-corrected chi connectivity index (χ0v) is 45.9. The summed E-state index contributed by atoms with van der Waals surface area (Å²) in [6.07, 6.45) is -6.49. The second kappa shape index (κ2) is 24.2. The van der Waals surface area contributed by atoms with Gasteiger partial charge in [-0.2, -0.15) is 0 Å². The van der Waals surface area contributed by atoms with Crippen molar-refractivity contribution in [3.05, 3.63) is 45.7 Å². The lowest BCUT2D eigenvalue weighted by molar-refractivity contribution is -0.318. The number of aliphatic hydroxyl groups excluding tert-OH is 3. The van der Waals surface area contributed by atoms with Gasteiger partial charge in [0.1, 0.15) is 30.0 Å². The number of aromatic nitrogens is 3. The van der Waals surface area contributed by atoms with E-state index in [0.29, 0.717) is 48.9 Å². The van der Waals surface area contributed by atoms with Gasteiger partial charge in [0, 0.05) is 74.2 Å². The third-order valence-corrected chi connectivity index (χ3v) is 16.3. The Morgan fingerprint density at radius 2 is 1.69 bits per heavy atom. The van der Waals surface area contributed by atoms with E-state index < -0.39 is 102 Å². The van der Waals surface area contributed by atoms with E-state index in [1.165, 1.54) is 14.0 Å². The molecule has 4 aliphatic rings. The van der Waals surface area contributed by atoms with E-state index in [4.69, 9.17) is 56.5 Å². The predicted octanol–water partition coefficient (Wildman–Crippen LogP) is 4.61. The van der Waals surface area contributed by atoms with Crippen LogP contribution >= 0.6 is 23.2 Å². The first-order valence-electron chi connectivity index (χ1n) is 25.5. The van der Waals surface area contributed by atoms with Crippen molar-refractivity contribution < 1.29 is 63.6 Å². The van der Waals surface area contributed by atoms with Crippen LogP contribution in [0, 0.1) is 17.8 Å². The lowest BCUT2D eigenvalue weighted by atomic mass is 9.77. The fraction of sp³-hybridized carbons (Fsp3) is 0.804. The average molecular weight is 1060 g/mol. The number of oxime groups is 1. The summed E-state index contributed by atoms with van der Waals surface area (Å²) < 4.78 is 40.0. The molecule has 72 heavy (non-hydrogen) atoms. The predicted molar refractivity (Wildman–Crippen MR) is 269 cm³/mol. The maximum Gasteiger partial charge on any atom is 0.311 e. The number of hydrogen-bond donors (Lipinski definition) is 5. The topological polar surface area (TPSA) is 232 Å². The largest absolute Gasteiger partial charge is 0.459 e. The fourth-order valence-corrected chi connectivity index (χ4v) is 11.8. The zero-order valence-electron chi connectivity index (χ0n) is 44.4. The zero-order chi connectivity index (χ0) is 53.2. The van der Waals surface area contributed by atoms with E-state index in [1.54, 1.807) is 58.4 Å². The molecule has 21 heteroatoms. The summed E-state index contributed by atoms with van der Waals surface area (Å²) >= 11 is 12.5. The summed E-state index contributed by atoms with van der Waals surface area (Å²) in [5.74, 6) is -2.80. The molecule has 0 bridgehead atoms. The van der Waals surface area contributed by atoms with Gasteiger partial charge in [0.2, 0.25) is 0 Å². The van der Waals surface area contributed by atoms with Crippen LogP contribution in [0.4, 0.5) is 0 Å². The van der Waals surface area contributed by atoms with Gasteiger partial charge in [0.25, 0.3) is 0 Å². The number of likely N-dealkylation sites (N-methyl/N-ethyl adjacent to an activating group) is 2. The van der Waals surface area contributed by atoms with Gasteiger partial charge in [-0.05, 0) is 99.9 Å². The number of cyclic esters (lactones) is 1. The number of carbonyl (C=O) groups is 1. The van der Waals surface area contributed by atoms with Crippen molar-refractivity contribution in [1.82, 2.24) is 24.8 Å². The Morgan fingerprint density at radius 1 is 0.986 bits per heavy atom. The van der Waals surface area contributed by atoms with Gasteiger partial charge in [-0.15, -0.1) is 5.10 Å². The Hall–Kier alpha value is -2.60. The van der Waals surface area contributed by atoms with Gasteiger partial charge < -0.3 is 68.6 Å². The van der Waals surface area contributed by atoms with Crippen LogP contribution in [0.25, 0.3) is 0 Å². The molecular formula is C51H82Cl2N6O13. The molecule has 0 aliphatic carbocycles. The molecule has 4 aliphatic heterocycles. The summed E-state index contributed by atoms with van der Waals surface area (Å²) in [4.78, 5) is 24.2. The first kappa shape index (κ1) is 58.7. The van der Waals surface area contributed by atoms with Crippen LogP contribution in [0.1, 0.15) is 113 Å². The Morgan fingerprint density at radius 3 is 2.36 bits per heavy atom. The molecule has 5 N–H and O–H groups in total. The number of methoxy groups -OCH3 is 1. The molecule has 19 atom stereocenters. The maximum atomic E-state index is 14.5. The number of aliphatic hydroxyl groups is 5. The Kier molecular flexibility index (Phi) is 19.7. The second-order valence-electron chi connectivity index (χ2n) is 22.0. The Bertz CT molecular complexity index is 2140. The molecule has 408 valence electrons. The molecule has 0 saturated carbocycles. The van der Waals surface area contributed by atoms with E-state index in [-0.39, 0.29) is 37.4 Å². The third-order valence-electron chi connectivity index (χ3n) is 15.8. The van der Waals surface area contributed by atoms with Crippen LogP contribution in [0.5, 0.6) is 0 Å². The van der Waals surface area contributed by atoms with Gasteiger partial charge in [-0.1, -0.05) is 60.4 Å². The molecule has 0 radical (unpaired) electrons. The Labute approximate surface area is 435 Å². The highest BCUT2D eigenvalue weighted by Gasteiger charge is 2.53. The van der Waals surface area contributed by atoms with Crippen molar-refractivity contribution >= 4 is 34.9 Å². The number of hydrogen-bond acceptors (Lipinski definition) is 18. The monoisotopic (exact) mass is 1060 g/mol. The van der Waals surface area contributed by atoms with E-state index in [2.05, 4.69) is 15.5 Å². The highest BCUT2D eigenvalue weighted by molar-refractivity contribution is 6.37. The minimum absolute atomic E-state index is 0.0968. The summed E-state index contributed by atoms with van der Waals surface area (Å²) in [7, 11) is 5.26. The Balaban J connectivity index is 1.23. The van der Waals surface area contributed by atoms with Crippen LogP contribution in [0.15, 0.2) is 29.6 Å². The standard InChI is InChI=1S/C51H82Cl2N6O13/c1-14-40-51(10,65)44(61)31(6)58(12)24-27(2)22-49(8,64)46(29(4)43(30(5)47(63)69-40)70-41-23-50(9,66-13)45(62)32(7)68-41)71-48-42(60)39(19-28(3)67-48)57(11)18-17-34-25-59(56-54-34)26-35-21-38(55-72-35)36-16-15-33(52)20-37(36)53/h15-16,20,25,27-32,35,39-46,48,60-62,64-65H,14,17-19,21-24,26H2,1-13H3/t27-,28-,29+,30-,31-,32+,35-,39+,40-,41+,42-,43+,44-,45+,46-,48+,49-,50-,51-/m1/s1. The highest BCUT2D eigenvalue weighted by atomic mass is 35.5. The normalized spacial score (nSPS) is 41.1. The fourth-order valence-electron chi connectivity index (χ4n) is 11.3. The second-order valence-corrected chi connectivity index (χ2v) is 22.8. The number of ether oxygens (including phenoxy) is 6. The molecule has 3 saturated heterocycles. The number of halogens is 2. The molecule has 0 amide bonds. The minimum Gasteiger partial charge on any atom is -0.459 e.